The molecule has 1 atom stereocenters. The van der Waals surface area contributed by atoms with E-state index in [0.717, 1.165) is 38.3 Å². The number of benzene rings is 1. The molecule has 0 radical (unpaired) electrons. The van der Waals surface area contributed by atoms with Crippen LogP contribution in [-0.4, -0.2) is 38.2 Å². The van der Waals surface area contributed by atoms with Crippen LogP contribution in [0.4, 0.5) is 0 Å². The van der Waals surface area contributed by atoms with Crippen LogP contribution in [0.3, 0.4) is 0 Å². The summed E-state index contributed by atoms with van der Waals surface area (Å²) in [7, 11) is 1.72. The van der Waals surface area contributed by atoms with Crippen LogP contribution in [-0.2, 0) is 0 Å². The molecule has 6 heteroatoms. The first kappa shape index (κ1) is 20.0. The van der Waals surface area contributed by atoms with E-state index in [9.17, 15) is 0 Å². The van der Waals surface area contributed by atoms with E-state index in [4.69, 9.17) is 4.74 Å². The Morgan fingerprint density at radius 2 is 1.95 bits per heavy atom. The van der Waals surface area contributed by atoms with Crippen molar-refractivity contribution in [1.29, 1.82) is 0 Å². The van der Waals surface area contributed by atoms with Crippen molar-refractivity contribution in [2.45, 2.75) is 19.4 Å². The van der Waals surface area contributed by atoms with E-state index >= 15 is 0 Å². The van der Waals surface area contributed by atoms with Crippen molar-refractivity contribution >= 4 is 40.7 Å². The molecule has 2 rings (SSSR count). The third-order valence-electron chi connectivity index (χ3n) is 3.54. The van der Waals surface area contributed by atoms with Crippen molar-refractivity contribution in [2.24, 2.45) is 0 Å². The van der Waals surface area contributed by atoms with E-state index in [1.165, 1.54) is 10.0 Å². The lowest BCUT2D eigenvalue weighted by Gasteiger charge is -2.35. The van der Waals surface area contributed by atoms with Crippen LogP contribution >= 0.6 is 40.7 Å². The summed E-state index contributed by atoms with van der Waals surface area (Å²) in [6.45, 7) is 6.64. The molecule has 1 aromatic rings. The zero-order chi connectivity index (χ0) is 13.0. The van der Waals surface area contributed by atoms with E-state index in [1.54, 1.807) is 7.11 Å². The summed E-state index contributed by atoms with van der Waals surface area (Å²) in [6.07, 6.45) is 1.12. The van der Waals surface area contributed by atoms with E-state index < -0.39 is 0 Å². The first-order valence-electron chi connectivity index (χ1n) is 6.54. The molecule has 1 fully saturated rings. The third kappa shape index (κ3) is 4.78. The van der Waals surface area contributed by atoms with Crippen LogP contribution in [0.1, 0.15) is 24.9 Å². The molecule has 0 spiro atoms. The van der Waals surface area contributed by atoms with Crippen molar-refractivity contribution in [3.63, 3.8) is 0 Å². The van der Waals surface area contributed by atoms with Gasteiger partial charge in [0.15, 0.2) is 0 Å². The number of piperazine rings is 1. The predicted octanol–water partition coefficient (Wildman–Crippen LogP) is 3.66. The van der Waals surface area contributed by atoms with Crippen molar-refractivity contribution in [2.75, 3.05) is 33.3 Å². The second-order valence-electron chi connectivity index (χ2n) is 4.60. The van der Waals surface area contributed by atoms with Gasteiger partial charge in [-0.2, -0.15) is 0 Å². The smallest absolute Gasteiger partial charge is 0.119 e. The van der Waals surface area contributed by atoms with Crippen LogP contribution in [0.15, 0.2) is 22.7 Å². The van der Waals surface area contributed by atoms with Crippen LogP contribution in [0.25, 0.3) is 0 Å². The molecule has 1 aliphatic rings. The Morgan fingerprint density at radius 3 is 2.50 bits per heavy atom. The number of rotatable bonds is 4. The Morgan fingerprint density at radius 1 is 1.30 bits per heavy atom. The molecule has 0 saturated carbocycles. The Balaban J connectivity index is 0.00000180. The topological polar surface area (TPSA) is 24.5 Å². The molecule has 1 N–H and O–H groups in total. The first-order valence-corrected chi connectivity index (χ1v) is 7.33. The van der Waals surface area contributed by atoms with Gasteiger partial charge in [0.25, 0.3) is 0 Å². The molecule has 0 bridgehead atoms. The van der Waals surface area contributed by atoms with Crippen molar-refractivity contribution in [3.8, 4) is 5.75 Å². The highest BCUT2D eigenvalue weighted by molar-refractivity contribution is 9.10. The second-order valence-corrected chi connectivity index (χ2v) is 5.45. The van der Waals surface area contributed by atoms with E-state index in [0.29, 0.717) is 6.04 Å². The monoisotopic (exact) mass is 384 g/mol. The molecule has 0 unspecified atom stereocenters. The first-order chi connectivity index (χ1) is 8.76. The maximum Gasteiger partial charge on any atom is 0.119 e. The molecule has 20 heavy (non-hydrogen) atoms. The lowest BCUT2D eigenvalue weighted by molar-refractivity contribution is 0.168. The third-order valence-corrected chi connectivity index (χ3v) is 4.26. The summed E-state index contributed by atoms with van der Waals surface area (Å²) >= 11 is 3.67. The van der Waals surface area contributed by atoms with Gasteiger partial charge < -0.3 is 10.1 Å². The number of ether oxygens (including phenoxy) is 1. The molecule has 1 heterocycles. The van der Waals surface area contributed by atoms with Crippen LogP contribution in [0.5, 0.6) is 5.75 Å². The van der Waals surface area contributed by atoms with Crippen LogP contribution in [0.2, 0.25) is 0 Å². The maximum atomic E-state index is 5.34. The summed E-state index contributed by atoms with van der Waals surface area (Å²) in [5.41, 5.74) is 1.33. The number of hydrogen-bond acceptors (Lipinski definition) is 3. The highest BCUT2D eigenvalue weighted by Gasteiger charge is 2.22. The fourth-order valence-electron chi connectivity index (χ4n) is 2.57. The van der Waals surface area contributed by atoms with Gasteiger partial charge in [0.1, 0.15) is 5.75 Å². The lowest BCUT2D eigenvalue weighted by atomic mass is 10.0. The Labute approximate surface area is 142 Å². The largest absolute Gasteiger partial charge is 0.497 e. The molecule has 1 aliphatic heterocycles. The molecular formula is C14H23BrCl2N2O. The molecule has 1 saturated heterocycles. The van der Waals surface area contributed by atoms with Crippen molar-refractivity contribution in [3.05, 3.63) is 28.2 Å². The Kier molecular flexibility index (Phi) is 9.85. The van der Waals surface area contributed by atoms with Gasteiger partial charge in [-0.1, -0.05) is 22.9 Å². The normalized spacial score (nSPS) is 16.8. The molecule has 0 aliphatic carbocycles. The lowest BCUT2D eigenvalue weighted by Crippen LogP contribution is -2.45. The zero-order valence-corrected chi connectivity index (χ0v) is 15.1. The fourth-order valence-corrected chi connectivity index (χ4v) is 3.08. The summed E-state index contributed by atoms with van der Waals surface area (Å²) in [6, 6.07) is 6.70. The summed E-state index contributed by atoms with van der Waals surface area (Å²) in [5.74, 6) is 0.932. The van der Waals surface area contributed by atoms with Gasteiger partial charge in [0, 0.05) is 36.7 Å². The summed E-state index contributed by atoms with van der Waals surface area (Å²) in [5, 5.41) is 3.40. The van der Waals surface area contributed by atoms with E-state index in [-0.39, 0.29) is 24.8 Å². The van der Waals surface area contributed by atoms with Gasteiger partial charge in [-0.15, -0.1) is 24.8 Å². The molecule has 1 aromatic carbocycles. The van der Waals surface area contributed by atoms with Gasteiger partial charge in [-0.3, -0.25) is 4.90 Å². The van der Waals surface area contributed by atoms with Crippen LogP contribution in [0, 0.1) is 0 Å². The molecular weight excluding hydrogens is 363 g/mol. The number of halogens is 3. The van der Waals surface area contributed by atoms with E-state index in [2.05, 4.69) is 45.2 Å². The van der Waals surface area contributed by atoms with Gasteiger partial charge in [0.2, 0.25) is 0 Å². The molecule has 0 aromatic heterocycles. The van der Waals surface area contributed by atoms with Gasteiger partial charge in [0.05, 0.1) is 7.11 Å². The number of nitrogens with zero attached hydrogens (tertiary/aromatic N) is 1. The average molecular weight is 386 g/mol. The SMILES string of the molecule is CC[C@@H](c1cc(OC)ccc1Br)N1CCNCC1.Cl.Cl. The van der Waals surface area contributed by atoms with E-state index in [1.807, 2.05) is 6.07 Å². The fraction of sp³-hybridized carbons (Fsp3) is 0.571. The molecule has 3 nitrogen and oxygen atoms in total. The maximum absolute atomic E-state index is 5.34. The Hall–Kier alpha value is -0.000000000000000222. The minimum absolute atomic E-state index is 0. The number of methoxy groups -OCH3 is 1. The average Bonchev–Trinajstić information content (AvgIpc) is 2.43. The minimum atomic E-state index is 0. The highest BCUT2D eigenvalue weighted by Crippen LogP contribution is 2.33. The van der Waals surface area contributed by atoms with Gasteiger partial charge in [-0.25, -0.2) is 0 Å². The summed E-state index contributed by atoms with van der Waals surface area (Å²) in [4.78, 5) is 2.55. The number of nitrogens with one attached hydrogen (secondary N) is 1. The Bertz CT molecular complexity index is 401. The molecule has 116 valence electrons. The van der Waals surface area contributed by atoms with Gasteiger partial charge >= 0.3 is 0 Å². The second kappa shape index (κ2) is 9.85. The van der Waals surface area contributed by atoms with Crippen molar-refractivity contribution in [1.82, 2.24) is 10.2 Å². The zero-order valence-electron chi connectivity index (χ0n) is 11.9. The van der Waals surface area contributed by atoms with Crippen molar-refractivity contribution < 1.29 is 4.74 Å². The molecule has 0 amide bonds. The quantitative estimate of drug-likeness (QED) is 0.855. The minimum Gasteiger partial charge on any atom is -0.497 e. The standard InChI is InChI=1S/C14H21BrN2O.2ClH/c1-3-14(17-8-6-16-7-9-17)12-10-11(18-2)4-5-13(12)15;;/h4-5,10,14,16H,3,6-9H2,1-2H3;2*1H/t14-;;/m0../s1. The predicted molar refractivity (Wildman–Crippen MR) is 92.7 cm³/mol. The number of hydrogen-bond donors (Lipinski definition) is 1. The van der Waals surface area contributed by atoms with Crippen LogP contribution < -0.4 is 10.1 Å². The highest BCUT2D eigenvalue weighted by atomic mass is 79.9. The summed E-state index contributed by atoms with van der Waals surface area (Å²) < 4.78 is 6.51. The van der Waals surface area contributed by atoms with Gasteiger partial charge in [-0.05, 0) is 30.2 Å².